The number of fused-ring (bicyclic) bond motifs is 4. The van der Waals surface area contributed by atoms with Gasteiger partial charge in [-0.15, -0.1) is 5.10 Å². The summed E-state index contributed by atoms with van der Waals surface area (Å²) in [6.07, 6.45) is 3.07. The van der Waals surface area contributed by atoms with Crippen molar-refractivity contribution in [3.63, 3.8) is 0 Å². The summed E-state index contributed by atoms with van der Waals surface area (Å²) in [6, 6.07) is 14.9. The minimum Gasteiger partial charge on any atom is -0.507 e. The fraction of sp³-hybridized carbons (Fsp3) is 0.120. The maximum atomic E-state index is 12.6. The van der Waals surface area contributed by atoms with Crippen molar-refractivity contribution in [3.05, 3.63) is 83.8 Å². The number of carbonyl (C=O) groups is 1. The van der Waals surface area contributed by atoms with E-state index in [2.05, 4.69) is 10.1 Å². The monoisotopic (exact) mass is 438 g/mol. The Bertz CT molecular complexity index is 1600. The zero-order valence-electron chi connectivity index (χ0n) is 17.8. The summed E-state index contributed by atoms with van der Waals surface area (Å²) in [7, 11) is 0. The van der Waals surface area contributed by atoms with Gasteiger partial charge in [-0.25, -0.2) is 14.5 Å². The van der Waals surface area contributed by atoms with Crippen LogP contribution in [0.1, 0.15) is 31.1 Å². The van der Waals surface area contributed by atoms with Crippen molar-refractivity contribution in [2.24, 2.45) is 0 Å². The standard InChI is InChI=1S/C25H18N4O4/c1-13(30)20-14(2)33-25-22(21(20)19-8-5-9-32-19)24-27-23(28-29(24)12-26-25)17-10-15-6-3-4-7-16(15)11-18(17)31/h3-12,21,31H,1-2H3/t21-/m1/s1. The molecule has 0 aliphatic carbocycles. The van der Waals surface area contributed by atoms with Crippen LogP contribution in [0.5, 0.6) is 11.6 Å². The summed E-state index contributed by atoms with van der Waals surface area (Å²) < 4.78 is 13.1. The highest BCUT2D eigenvalue weighted by atomic mass is 16.5. The fourth-order valence-corrected chi connectivity index (χ4v) is 4.45. The van der Waals surface area contributed by atoms with Crippen molar-refractivity contribution >= 4 is 22.2 Å². The van der Waals surface area contributed by atoms with E-state index in [9.17, 15) is 9.90 Å². The first-order valence-corrected chi connectivity index (χ1v) is 10.4. The molecule has 8 nitrogen and oxygen atoms in total. The largest absolute Gasteiger partial charge is 0.507 e. The number of hydrogen-bond donors (Lipinski definition) is 1. The minimum atomic E-state index is -0.542. The first kappa shape index (κ1) is 19.2. The van der Waals surface area contributed by atoms with Gasteiger partial charge in [-0.1, -0.05) is 24.3 Å². The molecule has 33 heavy (non-hydrogen) atoms. The lowest BCUT2D eigenvalue weighted by atomic mass is 9.85. The van der Waals surface area contributed by atoms with Crippen molar-refractivity contribution in [1.29, 1.82) is 0 Å². The Morgan fingerprint density at radius 3 is 2.64 bits per heavy atom. The van der Waals surface area contributed by atoms with Gasteiger partial charge in [-0.05, 0) is 48.9 Å². The number of phenols is 1. The molecule has 2 aromatic carbocycles. The maximum Gasteiger partial charge on any atom is 0.228 e. The second kappa shape index (κ2) is 7.03. The van der Waals surface area contributed by atoms with E-state index in [1.54, 1.807) is 25.3 Å². The Morgan fingerprint density at radius 1 is 1.12 bits per heavy atom. The van der Waals surface area contributed by atoms with Crippen molar-refractivity contribution in [2.75, 3.05) is 0 Å². The number of ether oxygens (including phenoxy) is 1. The molecule has 0 amide bonds. The molecule has 0 fully saturated rings. The molecule has 0 saturated carbocycles. The van der Waals surface area contributed by atoms with E-state index in [1.165, 1.54) is 17.8 Å². The molecule has 0 radical (unpaired) electrons. The Kier molecular flexibility index (Phi) is 4.10. The van der Waals surface area contributed by atoms with E-state index < -0.39 is 5.92 Å². The van der Waals surface area contributed by atoms with E-state index in [4.69, 9.17) is 14.1 Å². The highest BCUT2D eigenvalue weighted by molar-refractivity contribution is 5.97. The second-order valence-electron chi connectivity index (χ2n) is 7.96. The van der Waals surface area contributed by atoms with Crippen LogP contribution in [-0.2, 0) is 4.79 Å². The Morgan fingerprint density at radius 2 is 1.91 bits per heavy atom. The molecular formula is C25H18N4O4. The molecule has 3 aromatic heterocycles. The zero-order chi connectivity index (χ0) is 22.7. The number of allylic oxidation sites excluding steroid dienone is 2. The van der Waals surface area contributed by atoms with E-state index in [0.29, 0.717) is 45.6 Å². The Hall–Kier alpha value is -4.46. The predicted molar refractivity (Wildman–Crippen MR) is 120 cm³/mol. The summed E-state index contributed by atoms with van der Waals surface area (Å²) in [5, 5.41) is 17.1. The number of phenolic OH excluding ortho intramolecular Hbond substituents is 1. The summed E-state index contributed by atoms with van der Waals surface area (Å²) in [4.78, 5) is 21.7. The van der Waals surface area contributed by atoms with Crippen LogP contribution in [0.15, 0.2) is 76.9 Å². The van der Waals surface area contributed by atoms with Crippen LogP contribution in [0.3, 0.4) is 0 Å². The quantitative estimate of drug-likeness (QED) is 0.438. The maximum absolute atomic E-state index is 12.6. The number of rotatable bonds is 3. The minimum absolute atomic E-state index is 0.0745. The van der Waals surface area contributed by atoms with E-state index in [-0.39, 0.29) is 11.5 Å². The van der Waals surface area contributed by atoms with Crippen molar-refractivity contribution in [1.82, 2.24) is 19.6 Å². The van der Waals surface area contributed by atoms with Crippen LogP contribution in [-0.4, -0.2) is 30.5 Å². The van der Waals surface area contributed by atoms with Crippen LogP contribution < -0.4 is 4.74 Å². The van der Waals surface area contributed by atoms with Gasteiger partial charge < -0.3 is 14.3 Å². The molecular weight excluding hydrogens is 420 g/mol. The van der Waals surface area contributed by atoms with Gasteiger partial charge in [0, 0.05) is 5.57 Å². The zero-order valence-corrected chi connectivity index (χ0v) is 17.8. The topological polar surface area (TPSA) is 103 Å². The van der Waals surface area contributed by atoms with Crippen LogP contribution >= 0.6 is 0 Å². The Balaban J connectivity index is 1.60. The van der Waals surface area contributed by atoms with E-state index in [0.717, 1.165) is 10.8 Å². The van der Waals surface area contributed by atoms with Gasteiger partial charge in [-0.2, -0.15) is 0 Å². The van der Waals surface area contributed by atoms with Crippen molar-refractivity contribution in [3.8, 4) is 23.0 Å². The van der Waals surface area contributed by atoms with Crippen molar-refractivity contribution < 1.29 is 19.1 Å². The molecule has 6 rings (SSSR count). The number of furan rings is 1. The number of aromatic nitrogens is 4. The van der Waals surface area contributed by atoms with Gasteiger partial charge in [-0.3, -0.25) is 4.79 Å². The molecule has 8 heteroatoms. The van der Waals surface area contributed by atoms with Gasteiger partial charge in [0.25, 0.3) is 0 Å². The molecule has 1 aliphatic heterocycles. The SMILES string of the molecule is CC(=O)C1=C(C)Oc2ncn3nc(-c4cc5ccccc5cc4O)nc3c2[C@@H]1c1ccco1. The van der Waals surface area contributed by atoms with Crippen LogP contribution in [0.4, 0.5) is 0 Å². The number of hydrogen-bond acceptors (Lipinski definition) is 7. The third-order valence-corrected chi connectivity index (χ3v) is 5.91. The predicted octanol–water partition coefficient (Wildman–Crippen LogP) is 4.63. The number of carbonyl (C=O) groups excluding carboxylic acids is 1. The van der Waals surface area contributed by atoms with Gasteiger partial charge in [0.1, 0.15) is 23.6 Å². The van der Waals surface area contributed by atoms with Gasteiger partial charge in [0.2, 0.25) is 5.88 Å². The molecule has 5 aromatic rings. The smallest absolute Gasteiger partial charge is 0.228 e. The lowest BCUT2D eigenvalue weighted by Crippen LogP contribution is -2.21. The van der Waals surface area contributed by atoms with Crippen molar-refractivity contribution in [2.45, 2.75) is 19.8 Å². The summed E-state index contributed by atoms with van der Waals surface area (Å²) in [5.74, 6) is 1.13. The number of ketones is 1. The Labute approximate surface area is 187 Å². The van der Waals surface area contributed by atoms with Gasteiger partial charge >= 0.3 is 0 Å². The van der Waals surface area contributed by atoms with Crippen LogP contribution in [0, 0.1) is 0 Å². The molecule has 0 bridgehead atoms. The molecule has 0 saturated heterocycles. The highest BCUT2D eigenvalue weighted by Gasteiger charge is 2.37. The summed E-state index contributed by atoms with van der Waals surface area (Å²) in [6.45, 7) is 3.24. The first-order valence-electron chi connectivity index (χ1n) is 10.4. The van der Waals surface area contributed by atoms with E-state index in [1.807, 2.05) is 36.4 Å². The lowest BCUT2D eigenvalue weighted by Gasteiger charge is -2.26. The number of aromatic hydroxyl groups is 1. The number of nitrogens with zero attached hydrogens (tertiary/aromatic N) is 4. The molecule has 4 heterocycles. The summed E-state index contributed by atoms with van der Waals surface area (Å²) >= 11 is 0. The van der Waals surface area contributed by atoms with Crippen LogP contribution in [0.25, 0.3) is 27.8 Å². The molecule has 1 aliphatic rings. The summed E-state index contributed by atoms with van der Waals surface area (Å²) in [5.41, 5.74) is 2.03. The fourth-order valence-electron chi connectivity index (χ4n) is 4.45. The van der Waals surface area contributed by atoms with Gasteiger partial charge in [0.05, 0.1) is 23.3 Å². The molecule has 162 valence electrons. The third-order valence-electron chi connectivity index (χ3n) is 5.91. The highest BCUT2D eigenvalue weighted by Crippen LogP contribution is 2.44. The average Bonchev–Trinajstić information content (AvgIpc) is 3.47. The molecule has 0 spiro atoms. The molecule has 0 unspecified atom stereocenters. The average molecular weight is 438 g/mol. The van der Waals surface area contributed by atoms with Gasteiger partial charge in [0.15, 0.2) is 17.3 Å². The molecule has 1 N–H and O–H groups in total. The second-order valence-corrected chi connectivity index (χ2v) is 7.96. The number of benzene rings is 2. The van der Waals surface area contributed by atoms with E-state index >= 15 is 0 Å². The van der Waals surface area contributed by atoms with Crippen LogP contribution in [0.2, 0.25) is 0 Å². The number of Topliss-reactive ketones (excluding diaryl/α,β-unsaturated/α-hetero) is 1. The first-order chi connectivity index (χ1) is 16.0. The lowest BCUT2D eigenvalue weighted by molar-refractivity contribution is -0.114. The third kappa shape index (κ3) is 2.91. The normalized spacial score (nSPS) is 15.6. The molecule has 1 atom stereocenters.